The van der Waals surface area contributed by atoms with Gasteiger partial charge in [0.1, 0.15) is 5.54 Å². The number of phenolic OH excluding ortho intramolecular Hbond substituents is 2. The second kappa shape index (κ2) is 9.07. The number of halogens is 1. The number of carbonyl (C=O) groups excluding carboxylic acids is 1. The molecule has 0 aromatic heterocycles. The van der Waals surface area contributed by atoms with Crippen LogP contribution in [0.4, 0.5) is 5.69 Å². The predicted octanol–water partition coefficient (Wildman–Crippen LogP) is 4.78. The summed E-state index contributed by atoms with van der Waals surface area (Å²) in [6.07, 6.45) is 4.15. The number of phenols is 2. The van der Waals surface area contributed by atoms with Crippen LogP contribution >= 0.6 is 11.6 Å². The fraction of sp³-hybridized carbons (Fsp3) is 0.500. The first-order valence-corrected chi connectivity index (χ1v) is 11.9. The molecule has 4 N–H and O–H groups in total. The fourth-order valence-corrected chi connectivity index (χ4v) is 6.21. The number of anilines is 1. The Bertz CT molecular complexity index is 1030. The number of aliphatic hydroxyl groups excluding tert-OH is 1. The van der Waals surface area contributed by atoms with Crippen molar-refractivity contribution in [1.82, 2.24) is 0 Å². The molecule has 1 unspecified atom stereocenters. The van der Waals surface area contributed by atoms with Crippen molar-refractivity contribution in [3.8, 4) is 11.5 Å². The van der Waals surface area contributed by atoms with Crippen LogP contribution in [0.3, 0.4) is 0 Å². The molecule has 0 amide bonds. The van der Waals surface area contributed by atoms with Crippen LogP contribution in [0.2, 0.25) is 5.02 Å². The summed E-state index contributed by atoms with van der Waals surface area (Å²) < 4.78 is 5.22. The Labute approximate surface area is 199 Å². The van der Waals surface area contributed by atoms with Crippen LogP contribution in [-0.2, 0) is 21.4 Å². The molecule has 0 saturated heterocycles. The van der Waals surface area contributed by atoms with Gasteiger partial charge in [0.15, 0.2) is 11.5 Å². The van der Waals surface area contributed by atoms with Crippen molar-refractivity contribution in [3.05, 3.63) is 52.5 Å². The molecule has 2 aromatic carbocycles. The summed E-state index contributed by atoms with van der Waals surface area (Å²) >= 11 is 6.16. The molecular formula is C26H32ClNO5. The summed E-state index contributed by atoms with van der Waals surface area (Å²) in [5.74, 6) is -0.143. The first-order valence-electron chi connectivity index (χ1n) is 11.5. The highest BCUT2D eigenvalue weighted by Gasteiger charge is 2.54. The van der Waals surface area contributed by atoms with Gasteiger partial charge in [-0.1, -0.05) is 24.6 Å². The van der Waals surface area contributed by atoms with Crippen LogP contribution in [0.15, 0.2) is 36.4 Å². The average Bonchev–Trinajstić information content (AvgIpc) is 3.07. The number of fused-ring (bicyclic) bond motifs is 2. The van der Waals surface area contributed by atoms with Gasteiger partial charge in [-0.3, -0.25) is 0 Å². The molecule has 178 valence electrons. The molecule has 0 radical (unpaired) electrons. The second-order valence-electron chi connectivity index (χ2n) is 9.79. The van der Waals surface area contributed by atoms with Crippen molar-refractivity contribution in [1.29, 1.82) is 0 Å². The normalized spacial score (nSPS) is 27.2. The van der Waals surface area contributed by atoms with Crippen molar-refractivity contribution >= 4 is 23.3 Å². The molecule has 0 bridgehead atoms. The number of methoxy groups -OCH3 is 1. The average molecular weight is 474 g/mol. The largest absolute Gasteiger partial charge is 0.504 e. The number of rotatable bonds is 6. The van der Waals surface area contributed by atoms with E-state index in [9.17, 15) is 20.1 Å². The summed E-state index contributed by atoms with van der Waals surface area (Å²) in [6, 6.07) is 10.7. The number of aliphatic hydroxyl groups is 1. The zero-order valence-corrected chi connectivity index (χ0v) is 19.9. The van der Waals surface area contributed by atoms with E-state index in [0.717, 1.165) is 42.5 Å². The third kappa shape index (κ3) is 4.26. The third-order valence-corrected chi connectivity index (χ3v) is 8.00. The lowest BCUT2D eigenvalue weighted by Crippen LogP contribution is -2.53. The van der Waals surface area contributed by atoms with Gasteiger partial charge in [0.2, 0.25) is 0 Å². The van der Waals surface area contributed by atoms with E-state index < -0.39 is 5.54 Å². The fourth-order valence-electron chi connectivity index (χ4n) is 6.02. The van der Waals surface area contributed by atoms with E-state index in [1.165, 1.54) is 7.11 Å². The van der Waals surface area contributed by atoms with Crippen molar-refractivity contribution in [2.45, 2.75) is 56.4 Å². The molecule has 6 nitrogen and oxygen atoms in total. The van der Waals surface area contributed by atoms with E-state index in [2.05, 4.69) is 5.32 Å². The molecule has 2 atom stereocenters. The quantitative estimate of drug-likeness (QED) is 0.356. The SMILES string of the molecule is COC(=O)C1(Nc2cccc(Cl)c2)CCC2(CC1)c1cc(O)c(O)cc1C[C@H]2CC(C)CO. The lowest BCUT2D eigenvalue weighted by atomic mass is 9.59. The Morgan fingerprint density at radius 2 is 1.88 bits per heavy atom. The highest BCUT2D eigenvalue weighted by atomic mass is 35.5. The molecule has 4 rings (SSSR count). The molecule has 0 heterocycles. The molecule has 2 aliphatic carbocycles. The molecular weight excluding hydrogens is 442 g/mol. The molecule has 0 aliphatic heterocycles. The van der Waals surface area contributed by atoms with E-state index in [4.69, 9.17) is 16.3 Å². The first-order chi connectivity index (χ1) is 15.7. The Balaban J connectivity index is 1.68. The Hall–Kier alpha value is -2.44. The first kappa shape index (κ1) is 23.7. The van der Waals surface area contributed by atoms with Gasteiger partial charge in [0.25, 0.3) is 0 Å². The lowest BCUT2D eigenvalue weighted by molar-refractivity contribution is -0.148. The van der Waals surface area contributed by atoms with Gasteiger partial charge in [0, 0.05) is 17.3 Å². The highest BCUT2D eigenvalue weighted by Crippen LogP contribution is 2.57. The molecule has 1 spiro atoms. The summed E-state index contributed by atoms with van der Waals surface area (Å²) in [6.45, 7) is 2.15. The molecule has 1 fully saturated rings. The van der Waals surface area contributed by atoms with E-state index in [1.807, 2.05) is 19.1 Å². The maximum Gasteiger partial charge on any atom is 0.331 e. The Kier molecular flexibility index (Phi) is 6.52. The van der Waals surface area contributed by atoms with E-state index in [-0.39, 0.29) is 41.3 Å². The minimum atomic E-state index is -0.875. The topological polar surface area (TPSA) is 99.0 Å². The van der Waals surface area contributed by atoms with Crippen LogP contribution in [0.25, 0.3) is 0 Å². The van der Waals surface area contributed by atoms with Gasteiger partial charge in [-0.05, 0) is 97.2 Å². The maximum absolute atomic E-state index is 13.0. The molecule has 7 heteroatoms. The number of aromatic hydroxyl groups is 2. The minimum Gasteiger partial charge on any atom is -0.504 e. The van der Waals surface area contributed by atoms with E-state index >= 15 is 0 Å². The summed E-state index contributed by atoms with van der Waals surface area (Å²) in [5.41, 5.74) is 1.74. The second-order valence-corrected chi connectivity index (χ2v) is 10.2. The van der Waals surface area contributed by atoms with Crippen LogP contribution in [0, 0.1) is 11.8 Å². The Morgan fingerprint density at radius 3 is 2.52 bits per heavy atom. The van der Waals surface area contributed by atoms with Gasteiger partial charge in [0.05, 0.1) is 7.11 Å². The predicted molar refractivity (Wildman–Crippen MR) is 128 cm³/mol. The van der Waals surface area contributed by atoms with Crippen LogP contribution < -0.4 is 5.32 Å². The number of ether oxygens (including phenoxy) is 1. The Morgan fingerprint density at radius 1 is 1.18 bits per heavy atom. The van der Waals surface area contributed by atoms with Crippen LogP contribution in [0.5, 0.6) is 11.5 Å². The maximum atomic E-state index is 13.0. The van der Waals surface area contributed by atoms with Gasteiger partial charge in [-0.15, -0.1) is 0 Å². The molecule has 1 saturated carbocycles. The van der Waals surface area contributed by atoms with Crippen LogP contribution in [-0.4, -0.2) is 40.5 Å². The van der Waals surface area contributed by atoms with Crippen molar-refractivity contribution in [2.75, 3.05) is 19.0 Å². The third-order valence-electron chi connectivity index (χ3n) is 7.76. The zero-order chi connectivity index (χ0) is 23.8. The highest BCUT2D eigenvalue weighted by molar-refractivity contribution is 6.30. The minimum absolute atomic E-state index is 0.109. The van der Waals surface area contributed by atoms with Crippen molar-refractivity contribution in [2.24, 2.45) is 11.8 Å². The summed E-state index contributed by atoms with van der Waals surface area (Å²) in [5, 5.41) is 34.1. The number of hydrogen-bond acceptors (Lipinski definition) is 6. The van der Waals surface area contributed by atoms with Crippen molar-refractivity contribution < 1.29 is 24.9 Å². The standard InChI is InChI=1S/C26H32ClNO5/c1-16(15-29)10-18-11-17-12-22(30)23(31)14-21(17)25(18)6-8-26(9-7-25,24(32)33-2)28-20-5-3-4-19(27)13-20/h3-5,12-14,16,18,28-31H,6-11,15H2,1-2H3/t16?,18-,25?,26?/m1/s1. The molecule has 33 heavy (non-hydrogen) atoms. The lowest BCUT2D eigenvalue weighted by Gasteiger charge is -2.47. The smallest absolute Gasteiger partial charge is 0.331 e. The summed E-state index contributed by atoms with van der Waals surface area (Å²) in [4.78, 5) is 13.0. The number of esters is 1. The number of nitrogens with one attached hydrogen (secondary N) is 1. The van der Waals surface area contributed by atoms with Gasteiger partial charge in [-0.2, -0.15) is 0 Å². The monoisotopic (exact) mass is 473 g/mol. The summed E-state index contributed by atoms with van der Waals surface area (Å²) in [7, 11) is 1.41. The van der Waals surface area contributed by atoms with Crippen molar-refractivity contribution in [3.63, 3.8) is 0 Å². The van der Waals surface area contributed by atoms with Gasteiger partial charge in [-0.25, -0.2) is 4.79 Å². The number of benzene rings is 2. The number of carbonyl (C=O) groups is 1. The van der Waals surface area contributed by atoms with E-state index in [1.54, 1.807) is 24.3 Å². The van der Waals surface area contributed by atoms with Gasteiger partial charge < -0.3 is 25.4 Å². The number of hydrogen-bond donors (Lipinski definition) is 4. The van der Waals surface area contributed by atoms with Crippen LogP contribution in [0.1, 0.15) is 50.2 Å². The molecule has 2 aromatic rings. The van der Waals surface area contributed by atoms with Gasteiger partial charge >= 0.3 is 5.97 Å². The van der Waals surface area contributed by atoms with E-state index in [0.29, 0.717) is 17.9 Å². The molecule has 2 aliphatic rings. The zero-order valence-electron chi connectivity index (χ0n) is 19.1.